The molecule has 0 saturated carbocycles. The molecule has 1 aromatic heterocycles. The summed E-state index contributed by atoms with van der Waals surface area (Å²) in [5.74, 6) is 0.765. The highest BCUT2D eigenvalue weighted by atomic mass is 16.5. The number of methoxy groups -OCH3 is 1. The average Bonchev–Trinajstić information content (AvgIpc) is 2.81. The van der Waals surface area contributed by atoms with Crippen LogP contribution in [0.2, 0.25) is 0 Å². The van der Waals surface area contributed by atoms with E-state index in [1.54, 1.807) is 7.11 Å². The maximum Gasteiger partial charge on any atom is 0.344 e. The summed E-state index contributed by atoms with van der Waals surface area (Å²) < 4.78 is 10.7. The third-order valence-electron chi connectivity index (χ3n) is 4.31. The predicted octanol–water partition coefficient (Wildman–Crippen LogP) is 3.40. The van der Waals surface area contributed by atoms with Gasteiger partial charge in [-0.15, -0.1) is 0 Å². The highest BCUT2D eigenvalue weighted by Crippen LogP contribution is 2.19. The summed E-state index contributed by atoms with van der Waals surface area (Å²) in [5.41, 5.74) is 3.15. The van der Waals surface area contributed by atoms with Crippen molar-refractivity contribution >= 4 is 12.2 Å². The van der Waals surface area contributed by atoms with Gasteiger partial charge in [0.2, 0.25) is 0 Å². The zero-order chi connectivity index (χ0) is 16.9. The highest BCUT2D eigenvalue weighted by molar-refractivity contribution is 5.63. The highest BCUT2D eigenvalue weighted by Gasteiger charge is 2.07. The van der Waals surface area contributed by atoms with E-state index >= 15 is 0 Å². The van der Waals surface area contributed by atoms with Crippen molar-refractivity contribution in [3.63, 3.8) is 0 Å². The maximum atomic E-state index is 12.4. The first-order valence-corrected chi connectivity index (χ1v) is 8.40. The van der Waals surface area contributed by atoms with E-state index < -0.39 is 0 Å². The van der Waals surface area contributed by atoms with Gasteiger partial charge in [0.05, 0.1) is 12.7 Å². The Morgan fingerprint density at radius 2 is 1.96 bits per heavy atom. The van der Waals surface area contributed by atoms with Gasteiger partial charge in [-0.25, -0.2) is 4.79 Å². The lowest BCUT2D eigenvalue weighted by Gasteiger charge is -2.02. The molecule has 24 heavy (non-hydrogen) atoms. The van der Waals surface area contributed by atoms with Gasteiger partial charge in [0.1, 0.15) is 11.2 Å². The van der Waals surface area contributed by atoms with Crippen molar-refractivity contribution in [1.29, 1.82) is 0 Å². The molecular weight excluding hydrogens is 300 g/mol. The summed E-state index contributed by atoms with van der Waals surface area (Å²) in [6, 6.07) is 9.36. The minimum absolute atomic E-state index is 0.305. The number of rotatable bonds is 5. The summed E-state index contributed by atoms with van der Waals surface area (Å²) >= 11 is 0. The third-order valence-corrected chi connectivity index (χ3v) is 4.31. The number of allylic oxidation sites excluding steroid dienone is 2. The first kappa shape index (κ1) is 16.3. The van der Waals surface area contributed by atoms with Crippen molar-refractivity contribution in [2.75, 3.05) is 7.11 Å². The monoisotopic (exact) mass is 322 g/mol. The molecule has 0 atom stereocenters. The minimum Gasteiger partial charge on any atom is -0.497 e. The molecule has 0 aliphatic heterocycles. The Morgan fingerprint density at radius 1 is 1.17 bits per heavy atom. The van der Waals surface area contributed by atoms with Crippen LogP contribution in [0.5, 0.6) is 5.75 Å². The molecule has 0 saturated heterocycles. The van der Waals surface area contributed by atoms with Gasteiger partial charge in [-0.1, -0.05) is 43.2 Å². The van der Waals surface area contributed by atoms with Crippen molar-refractivity contribution in [2.45, 2.75) is 32.6 Å². The van der Waals surface area contributed by atoms with E-state index in [1.165, 1.54) is 18.4 Å². The molecular formula is C21H22O3. The van der Waals surface area contributed by atoms with E-state index in [2.05, 4.69) is 19.1 Å². The molecule has 3 rings (SSSR count). The smallest absolute Gasteiger partial charge is 0.344 e. The van der Waals surface area contributed by atoms with Crippen LogP contribution in [0.25, 0.3) is 23.3 Å². The topological polar surface area (TPSA) is 39.4 Å². The largest absolute Gasteiger partial charge is 0.497 e. The van der Waals surface area contributed by atoms with Gasteiger partial charge in [-0.2, -0.15) is 0 Å². The second-order valence-corrected chi connectivity index (χ2v) is 6.00. The van der Waals surface area contributed by atoms with Gasteiger partial charge in [0, 0.05) is 5.22 Å². The van der Waals surface area contributed by atoms with Crippen LogP contribution >= 0.6 is 0 Å². The van der Waals surface area contributed by atoms with Crippen LogP contribution < -0.4 is 21.0 Å². The van der Waals surface area contributed by atoms with Crippen LogP contribution in [0.15, 0.2) is 51.2 Å². The molecule has 0 radical (unpaired) electrons. The molecule has 2 aromatic rings. The Hall–Kier alpha value is -2.55. The van der Waals surface area contributed by atoms with Crippen molar-refractivity contribution in [2.24, 2.45) is 0 Å². The van der Waals surface area contributed by atoms with Gasteiger partial charge in [-0.3, -0.25) is 0 Å². The summed E-state index contributed by atoms with van der Waals surface area (Å²) in [6.45, 7) is 2.19. The molecule has 0 N–H and O–H groups in total. The maximum absolute atomic E-state index is 12.4. The molecule has 0 amide bonds. The number of benzene rings is 1. The van der Waals surface area contributed by atoms with Gasteiger partial charge in [0.15, 0.2) is 0 Å². The number of hydrogen-bond donors (Lipinski definition) is 0. The van der Waals surface area contributed by atoms with Crippen LogP contribution in [0, 0.1) is 0 Å². The molecule has 1 aliphatic carbocycles. The predicted molar refractivity (Wildman–Crippen MR) is 97.4 cm³/mol. The van der Waals surface area contributed by atoms with Crippen LogP contribution in [-0.2, 0) is 0 Å². The zero-order valence-electron chi connectivity index (χ0n) is 14.2. The number of unbranched alkanes of at least 4 members (excludes halogenated alkanes) is 1. The van der Waals surface area contributed by atoms with E-state index in [4.69, 9.17) is 9.15 Å². The average molecular weight is 322 g/mol. The van der Waals surface area contributed by atoms with Gasteiger partial charge >= 0.3 is 5.63 Å². The van der Waals surface area contributed by atoms with Crippen molar-refractivity contribution in [1.82, 2.24) is 0 Å². The molecule has 1 aliphatic rings. The molecule has 3 nitrogen and oxygen atoms in total. The molecule has 0 fully saturated rings. The zero-order valence-corrected chi connectivity index (χ0v) is 14.2. The van der Waals surface area contributed by atoms with Crippen molar-refractivity contribution < 1.29 is 9.15 Å². The van der Waals surface area contributed by atoms with Gasteiger partial charge in [0.25, 0.3) is 0 Å². The lowest BCUT2D eigenvalue weighted by molar-refractivity contribution is 0.415. The van der Waals surface area contributed by atoms with Gasteiger partial charge < -0.3 is 9.15 Å². The van der Waals surface area contributed by atoms with Crippen molar-refractivity contribution in [3.05, 3.63) is 63.0 Å². The fourth-order valence-electron chi connectivity index (χ4n) is 2.85. The minimum atomic E-state index is -0.305. The van der Waals surface area contributed by atoms with Crippen LogP contribution in [-0.4, -0.2) is 7.11 Å². The first-order valence-electron chi connectivity index (χ1n) is 8.40. The molecule has 0 unspecified atom stereocenters. The lowest BCUT2D eigenvalue weighted by atomic mass is 10.1. The number of ether oxygens (including phenoxy) is 1. The summed E-state index contributed by atoms with van der Waals surface area (Å²) in [6.07, 6.45) is 10.5. The number of fused-ring (bicyclic) bond motifs is 1. The molecule has 1 heterocycles. The molecule has 1 aromatic carbocycles. The molecule has 124 valence electrons. The van der Waals surface area contributed by atoms with E-state index in [0.717, 1.165) is 29.4 Å². The summed E-state index contributed by atoms with van der Waals surface area (Å²) in [5, 5.41) is 0.951. The quantitative estimate of drug-likeness (QED) is 0.847. The van der Waals surface area contributed by atoms with Crippen LogP contribution in [0.3, 0.4) is 0 Å². The Morgan fingerprint density at radius 3 is 2.67 bits per heavy atom. The Kier molecular flexibility index (Phi) is 4.99. The second-order valence-electron chi connectivity index (χ2n) is 6.00. The van der Waals surface area contributed by atoms with E-state index in [-0.39, 0.29) is 5.63 Å². The molecule has 3 heteroatoms. The van der Waals surface area contributed by atoms with Crippen molar-refractivity contribution in [3.8, 4) is 16.9 Å². The van der Waals surface area contributed by atoms with Crippen LogP contribution in [0.4, 0.5) is 0 Å². The fraction of sp³-hybridized carbons (Fsp3) is 0.286. The third kappa shape index (κ3) is 3.51. The van der Waals surface area contributed by atoms with Gasteiger partial charge in [-0.05, 0) is 49.1 Å². The summed E-state index contributed by atoms with van der Waals surface area (Å²) in [4.78, 5) is 12.4. The normalized spacial score (nSPS) is 13.2. The van der Waals surface area contributed by atoms with Crippen LogP contribution in [0.1, 0.15) is 32.6 Å². The Labute approximate surface area is 141 Å². The Balaban J connectivity index is 2.03. The summed E-state index contributed by atoms with van der Waals surface area (Å²) in [7, 11) is 1.62. The molecule has 0 spiro atoms. The number of hydrogen-bond acceptors (Lipinski definition) is 3. The lowest BCUT2D eigenvalue weighted by Crippen LogP contribution is -2.29. The van der Waals surface area contributed by atoms with E-state index in [0.29, 0.717) is 11.0 Å². The Bertz CT molecular complexity index is 915. The first-order chi connectivity index (χ1) is 11.7. The standard InChI is InChI=1S/C21H22O3/c1-3-4-5-15-6-8-17-14-19(21(22)24-20(17)13-7-15)16-9-11-18(23-2)12-10-16/h6,8-14H,3-5,7H2,1-2H3. The fourth-order valence-corrected chi connectivity index (χ4v) is 2.85. The SMILES string of the molecule is CCCCC1=CC=c2cc(-c3ccc(OC)cc3)c(=O)oc2=CC1. The van der Waals surface area contributed by atoms with E-state index in [1.807, 2.05) is 36.4 Å². The van der Waals surface area contributed by atoms with E-state index in [9.17, 15) is 4.79 Å². The second kappa shape index (κ2) is 7.35. The molecule has 0 bridgehead atoms.